The van der Waals surface area contributed by atoms with Gasteiger partial charge in [0.2, 0.25) is 10.0 Å². The van der Waals surface area contributed by atoms with Crippen LogP contribution in [0.5, 0.6) is 0 Å². The molecule has 5 nitrogen and oxygen atoms in total. The Kier molecular flexibility index (Phi) is 4.48. The number of methoxy groups -OCH3 is 1. The molecule has 1 unspecified atom stereocenters. The summed E-state index contributed by atoms with van der Waals surface area (Å²) in [5.74, 6) is -0.623. The van der Waals surface area contributed by atoms with Gasteiger partial charge in [-0.3, -0.25) is 4.79 Å². The van der Waals surface area contributed by atoms with E-state index in [0.29, 0.717) is 0 Å². The maximum Gasteiger partial charge on any atom is 0.323 e. The van der Waals surface area contributed by atoms with Crippen LogP contribution in [0.25, 0.3) is 0 Å². The molecule has 0 aliphatic carbocycles. The van der Waals surface area contributed by atoms with Crippen LogP contribution in [0.1, 0.15) is 18.1 Å². The van der Waals surface area contributed by atoms with Crippen molar-refractivity contribution in [1.82, 2.24) is 4.72 Å². The number of hydrogen-bond donors (Lipinski definition) is 1. The molecule has 0 aliphatic heterocycles. The third-order valence-corrected chi connectivity index (χ3v) is 4.21. The summed E-state index contributed by atoms with van der Waals surface area (Å²) in [5, 5.41) is 0. The molecular formula is C12H17NO4S. The van der Waals surface area contributed by atoms with Crippen LogP contribution in [0.3, 0.4) is 0 Å². The van der Waals surface area contributed by atoms with Gasteiger partial charge in [-0.2, -0.15) is 4.72 Å². The smallest absolute Gasteiger partial charge is 0.323 e. The fourth-order valence-corrected chi connectivity index (χ4v) is 2.68. The van der Waals surface area contributed by atoms with Gasteiger partial charge in [0.1, 0.15) is 6.04 Å². The number of ether oxygens (including phenoxy) is 1. The van der Waals surface area contributed by atoms with E-state index in [-0.39, 0.29) is 4.90 Å². The fraction of sp³-hybridized carbons (Fsp3) is 0.417. The lowest BCUT2D eigenvalue weighted by atomic mass is 10.1. The topological polar surface area (TPSA) is 72.5 Å². The van der Waals surface area contributed by atoms with Crippen LogP contribution < -0.4 is 4.72 Å². The summed E-state index contributed by atoms with van der Waals surface area (Å²) in [6, 6.07) is 3.89. The van der Waals surface area contributed by atoms with Crippen LogP contribution in [0, 0.1) is 13.8 Å². The zero-order chi connectivity index (χ0) is 13.9. The Morgan fingerprint density at radius 1 is 1.28 bits per heavy atom. The Hall–Kier alpha value is -1.40. The quantitative estimate of drug-likeness (QED) is 0.834. The van der Waals surface area contributed by atoms with E-state index in [1.165, 1.54) is 20.1 Å². The SMILES string of the molecule is COC(=O)C(C)NS(=O)(=O)c1ccc(C)c(C)c1. The van der Waals surface area contributed by atoms with Gasteiger partial charge in [-0.25, -0.2) is 8.42 Å². The minimum absolute atomic E-state index is 0.140. The van der Waals surface area contributed by atoms with E-state index in [9.17, 15) is 13.2 Å². The van der Waals surface area contributed by atoms with Gasteiger partial charge in [0.25, 0.3) is 0 Å². The van der Waals surface area contributed by atoms with Crippen molar-refractivity contribution in [2.75, 3.05) is 7.11 Å². The number of hydrogen-bond acceptors (Lipinski definition) is 4. The molecular weight excluding hydrogens is 254 g/mol. The van der Waals surface area contributed by atoms with E-state index < -0.39 is 22.0 Å². The van der Waals surface area contributed by atoms with E-state index >= 15 is 0 Å². The Morgan fingerprint density at radius 3 is 2.39 bits per heavy atom. The van der Waals surface area contributed by atoms with Crippen LogP contribution in [-0.2, 0) is 19.6 Å². The lowest BCUT2D eigenvalue weighted by Gasteiger charge is -2.13. The van der Waals surface area contributed by atoms with E-state index in [4.69, 9.17) is 0 Å². The highest BCUT2D eigenvalue weighted by molar-refractivity contribution is 7.89. The molecule has 0 bridgehead atoms. The second-order valence-electron chi connectivity index (χ2n) is 4.11. The van der Waals surface area contributed by atoms with Crippen molar-refractivity contribution in [3.8, 4) is 0 Å². The Bertz CT molecular complexity index is 551. The van der Waals surface area contributed by atoms with Crippen molar-refractivity contribution in [1.29, 1.82) is 0 Å². The summed E-state index contributed by atoms with van der Waals surface area (Å²) < 4.78 is 30.8. The van der Waals surface area contributed by atoms with Gasteiger partial charge in [0.05, 0.1) is 12.0 Å². The summed E-state index contributed by atoms with van der Waals surface area (Å²) in [5.41, 5.74) is 1.89. The summed E-state index contributed by atoms with van der Waals surface area (Å²) in [7, 11) is -2.49. The molecule has 0 saturated heterocycles. The molecule has 1 atom stereocenters. The second kappa shape index (κ2) is 5.49. The Labute approximate surface area is 107 Å². The molecule has 0 amide bonds. The van der Waals surface area contributed by atoms with Crippen LogP contribution >= 0.6 is 0 Å². The first-order valence-corrected chi connectivity index (χ1v) is 6.93. The molecule has 18 heavy (non-hydrogen) atoms. The number of nitrogens with one attached hydrogen (secondary N) is 1. The predicted octanol–water partition coefficient (Wildman–Crippen LogP) is 1.14. The Morgan fingerprint density at radius 2 is 1.89 bits per heavy atom. The molecule has 100 valence electrons. The summed E-state index contributed by atoms with van der Waals surface area (Å²) in [4.78, 5) is 11.3. The van der Waals surface area contributed by atoms with Crippen molar-refractivity contribution < 1.29 is 17.9 Å². The molecule has 0 aliphatic rings. The maximum absolute atomic E-state index is 12.0. The van der Waals surface area contributed by atoms with Gasteiger partial charge in [-0.15, -0.1) is 0 Å². The molecule has 1 rings (SSSR count). The highest BCUT2D eigenvalue weighted by Crippen LogP contribution is 2.15. The second-order valence-corrected chi connectivity index (χ2v) is 5.83. The van der Waals surface area contributed by atoms with Gasteiger partial charge in [-0.05, 0) is 44.0 Å². The number of sulfonamides is 1. The zero-order valence-electron chi connectivity index (χ0n) is 10.9. The van der Waals surface area contributed by atoms with E-state index in [1.807, 2.05) is 13.8 Å². The molecule has 1 aromatic rings. The molecule has 1 aromatic carbocycles. The van der Waals surface area contributed by atoms with E-state index in [2.05, 4.69) is 9.46 Å². The lowest BCUT2D eigenvalue weighted by molar-refractivity contribution is -0.142. The van der Waals surface area contributed by atoms with E-state index in [1.54, 1.807) is 12.1 Å². The van der Waals surface area contributed by atoms with Crippen LogP contribution in [0.4, 0.5) is 0 Å². The van der Waals surface area contributed by atoms with E-state index in [0.717, 1.165) is 11.1 Å². The number of esters is 1. The molecule has 0 heterocycles. The first-order chi connectivity index (χ1) is 8.27. The van der Waals surface area contributed by atoms with Crippen molar-refractivity contribution >= 4 is 16.0 Å². The number of rotatable bonds is 4. The van der Waals surface area contributed by atoms with Crippen molar-refractivity contribution in [2.45, 2.75) is 31.7 Å². The summed E-state index contributed by atoms with van der Waals surface area (Å²) >= 11 is 0. The first kappa shape index (κ1) is 14.7. The average molecular weight is 271 g/mol. The first-order valence-electron chi connectivity index (χ1n) is 5.45. The molecule has 0 spiro atoms. The molecule has 0 saturated carbocycles. The third kappa shape index (κ3) is 3.30. The van der Waals surface area contributed by atoms with Crippen LogP contribution in [0.15, 0.2) is 23.1 Å². The van der Waals surface area contributed by atoms with Gasteiger partial charge in [-0.1, -0.05) is 6.07 Å². The third-order valence-electron chi connectivity index (χ3n) is 2.68. The van der Waals surface area contributed by atoms with Crippen LogP contribution in [0.2, 0.25) is 0 Å². The normalized spacial score (nSPS) is 13.1. The van der Waals surface area contributed by atoms with Gasteiger partial charge in [0.15, 0.2) is 0 Å². The summed E-state index contributed by atoms with van der Waals surface area (Å²) in [6.07, 6.45) is 0. The predicted molar refractivity (Wildman–Crippen MR) is 67.7 cm³/mol. The standard InChI is InChI=1S/C12H17NO4S/c1-8-5-6-11(7-9(8)2)18(15,16)13-10(3)12(14)17-4/h5-7,10,13H,1-4H3. The van der Waals surface area contributed by atoms with Gasteiger partial charge < -0.3 is 4.74 Å². The average Bonchev–Trinajstić information content (AvgIpc) is 2.30. The molecule has 0 aromatic heterocycles. The van der Waals surface area contributed by atoms with Crippen LogP contribution in [-0.4, -0.2) is 27.5 Å². The minimum Gasteiger partial charge on any atom is -0.468 e. The van der Waals surface area contributed by atoms with Gasteiger partial charge >= 0.3 is 5.97 Å². The van der Waals surface area contributed by atoms with Crippen molar-refractivity contribution in [2.24, 2.45) is 0 Å². The van der Waals surface area contributed by atoms with Gasteiger partial charge in [0, 0.05) is 0 Å². The number of carbonyl (C=O) groups excluding carboxylic acids is 1. The number of benzene rings is 1. The van der Waals surface area contributed by atoms with Crippen molar-refractivity contribution in [3.63, 3.8) is 0 Å². The molecule has 0 fully saturated rings. The largest absolute Gasteiger partial charge is 0.468 e. The monoisotopic (exact) mass is 271 g/mol. The fourth-order valence-electron chi connectivity index (χ4n) is 1.41. The minimum atomic E-state index is -3.70. The highest BCUT2D eigenvalue weighted by atomic mass is 32.2. The zero-order valence-corrected chi connectivity index (χ0v) is 11.7. The number of carbonyl (C=O) groups is 1. The molecule has 1 N–H and O–H groups in total. The summed E-state index contributed by atoms with van der Waals surface area (Å²) in [6.45, 7) is 5.17. The highest BCUT2D eigenvalue weighted by Gasteiger charge is 2.22. The lowest BCUT2D eigenvalue weighted by Crippen LogP contribution is -2.39. The molecule has 0 radical (unpaired) electrons. The maximum atomic E-state index is 12.0. The molecule has 6 heteroatoms. The van der Waals surface area contributed by atoms with Crippen molar-refractivity contribution in [3.05, 3.63) is 29.3 Å². The number of aryl methyl sites for hydroxylation is 2. The Balaban J connectivity index is 3.00.